The molecule has 0 saturated carbocycles. The van der Waals surface area contributed by atoms with E-state index in [0.29, 0.717) is 6.61 Å². The van der Waals surface area contributed by atoms with Gasteiger partial charge >= 0.3 is 0 Å². The van der Waals surface area contributed by atoms with Gasteiger partial charge in [-0.25, -0.2) is 0 Å². The molecule has 0 radical (unpaired) electrons. The van der Waals surface area contributed by atoms with Gasteiger partial charge in [-0.2, -0.15) is 0 Å². The average Bonchev–Trinajstić information content (AvgIpc) is 2.67. The lowest BCUT2D eigenvalue weighted by Crippen LogP contribution is -2.27. The number of allylic oxidation sites excluding steroid dienone is 5. The van der Waals surface area contributed by atoms with Gasteiger partial charge in [-0.05, 0) is 46.3 Å². The average molecular weight is 401 g/mol. The van der Waals surface area contributed by atoms with Gasteiger partial charge in [0.1, 0.15) is 12.4 Å². The molecule has 1 aliphatic carbocycles. The van der Waals surface area contributed by atoms with Crippen molar-refractivity contribution in [1.29, 1.82) is 0 Å². The van der Waals surface area contributed by atoms with E-state index in [1.54, 1.807) is 0 Å². The van der Waals surface area contributed by atoms with Gasteiger partial charge in [-0.1, -0.05) is 90.1 Å². The lowest BCUT2D eigenvalue weighted by atomic mass is 9.72. The van der Waals surface area contributed by atoms with Crippen LogP contribution in [0.3, 0.4) is 0 Å². The van der Waals surface area contributed by atoms with Crippen LogP contribution in [0.5, 0.6) is 5.75 Å². The van der Waals surface area contributed by atoms with Gasteiger partial charge < -0.3 is 4.74 Å². The first-order chi connectivity index (χ1) is 14.1. The zero-order valence-corrected chi connectivity index (χ0v) is 19.0. The molecule has 0 atom stereocenters. The highest BCUT2D eigenvalue weighted by atomic mass is 16.5. The first-order valence-corrected chi connectivity index (χ1v) is 10.5. The molecule has 0 N–H and O–H groups in total. The van der Waals surface area contributed by atoms with Crippen LogP contribution < -0.4 is 4.74 Å². The number of ketones is 1. The van der Waals surface area contributed by atoms with E-state index < -0.39 is 0 Å². The molecule has 1 aliphatic rings. The molecule has 0 unspecified atom stereocenters. The highest BCUT2D eigenvalue weighted by Gasteiger charge is 2.33. The summed E-state index contributed by atoms with van der Waals surface area (Å²) >= 11 is 0. The third-order valence-electron chi connectivity index (χ3n) is 5.21. The molecule has 2 nitrogen and oxygen atoms in total. The van der Waals surface area contributed by atoms with E-state index in [0.717, 1.165) is 33.6 Å². The van der Waals surface area contributed by atoms with Crippen LogP contribution >= 0.6 is 0 Å². The van der Waals surface area contributed by atoms with Gasteiger partial charge in [0.25, 0.3) is 0 Å². The fraction of sp³-hybridized carbons (Fsp3) is 0.321. The number of benzene rings is 2. The Kier molecular flexibility index (Phi) is 6.17. The van der Waals surface area contributed by atoms with E-state index in [2.05, 4.69) is 65.8 Å². The molecular weight excluding hydrogens is 368 g/mol. The zero-order valence-electron chi connectivity index (χ0n) is 19.0. The maximum Gasteiger partial charge on any atom is 0.186 e. The Labute approximate surface area is 181 Å². The summed E-state index contributed by atoms with van der Waals surface area (Å²) in [6.45, 7) is 13.1. The van der Waals surface area contributed by atoms with Crippen LogP contribution in [0.15, 0.2) is 83.5 Å². The normalized spacial score (nSPS) is 14.9. The number of rotatable bonds is 4. The van der Waals surface area contributed by atoms with Crippen molar-refractivity contribution in [2.24, 2.45) is 10.8 Å². The molecule has 0 aliphatic heterocycles. The maximum atomic E-state index is 13.2. The predicted molar refractivity (Wildman–Crippen MR) is 125 cm³/mol. The topological polar surface area (TPSA) is 26.3 Å². The van der Waals surface area contributed by atoms with Crippen molar-refractivity contribution in [3.8, 4) is 5.75 Å². The summed E-state index contributed by atoms with van der Waals surface area (Å²) in [5.41, 5.74) is 4.43. The van der Waals surface area contributed by atoms with Crippen molar-refractivity contribution in [3.05, 3.63) is 94.6 Å². The maximum absolute atomic E-state index is 13.2. The molecule has 30 heavy (non-hydrogen) atoms. The first kappa shape index (κ1) is 21.8. The highest BCUT2D eigenvalue weighted by molar-refractivity contribution is 6.12. The molecular formula is C28H32O2. The third kappa shape index (κ3) is 5.18. The van der Waals surface area contributed by atoms with Crippen molar-refractivity contribution in [2.75, 3.05) is 0 Å². The summed E-state index contributed by atoms with van der Waals surface area (Å²) < 4.78 is 6.12. The number of para-hydroxylation sites is 1. The molecule has 2 heteroatoms. The van der Waals surface area contributed by atoms with E-state index in [1.807, 2.05) is 48.6 Å². The number of ether oxygens (including phenoxy) is 1. The molecule has 2 aromatic carbocycles. The monoisotopic (exact) mass is 400 g/mol. The largest absolute Gasteiger partial charge is 0.488 e. The van der Waals surface area contributed by atoms with Crippen LogP contribution in [-0.4, -0.2) is 5.78 Å². The van der Waals surface area contributed by atoms with Crippen molar-refractivity contribution >= 4 is 11.9 Å². The van der Waals surface area contributed by atoms with Crippen molar-refractivity contribution < 1.29 is 9.53 Å². The van der Waals surface area contributed by atoms with Gasteiger partial charge in [0, 0.05) is 16.7 Å². The van der Waals surface area contributed by atoms with Crippen LogP contribution in [0.1, 0.15) is 52.7 Å². The summed E-state index contributed by atoms with van der Waals surface area (Å²) in [7, 11) is 0. The summed E-state index contributed by atoms with van der Waals surface area (Å²) in [6.07, 6.45) is 6.18. The second kappa shape index (κ2) is 8.47. The van der Waals surface area contributed by atoms with Crippen LogP contribution in [0.25, 0.3) is 6.08 Å². The number of hydrogen-bond acceptors (Lipinski definition) is 2. The summed E-state index contributed by atoms with van der Waals surface area (Å²) in [6, 6.07) is 18.2. The third-order valence-corrected chi connectivity index (χ3v) is 5.21. The Bertz CT molecular complexity index is 971. The molecule has 0 fully saturated rings. The fourth-order valence-electron chi connectivity index (χ4n) is 3.49. The van der Waals surface area contributed by atoms with Gasteiger partial charge in [-0.15, -0.1) is 0 Å². The SMILES string of the molecule is CC(C)(C)C1=CC(=Cc2ccccc2OCc2ccccc2)C=C(C(C)(C)C)C1=O. The smallest absolute Gasteiger partial charge is 0.186 e. The Hall–Kier alpha value is -2.87. The molecule has 0 spiro atoms. The number of carbonyl (C=O) groups excluding carboxylic acids is 1. The Morgan fingerprint density at radius 2 is 1.30 bits per heavy atom. The lowest BCUT2D eigenvalue weighted by molar-refractivity contribution is -0.114. The minimum Gasteiger partial charge on any atom is -0.488 e. The van der Waals surface area contributed by atoms with Gasteiger partial charge in [0.2, 0.25) is 0 Å². The number of hydrogen-bond donors (Lipinski definition) is 0. The van der Waals surface area contributed by atoms with E-state index in [1.165, 1.54) is 0 Å². The second-order valence-corrected chi connectivity index (χ2v) is 9.90. The van der Waals surface area contributed by atoms with E-state index in [4.69, 9.17) is 4.74 Å². The minimum absolute atomic E-state index is 0.153. The molecule has 0 amide bonds. The Morgan fingerprint density at radius 3 is 1.87 bits per heavy atom. The minimum atomic E-state index is -0.218. The van der Waals surface area contributed by atoms with Crippen LogP contribution in [0.2, 0.25) is 0 Å². The quantitative estimate of drug-likeness (QED) is 0.543. The van der Waals surface area contributed by atoms with E-state index in [-0.39, 0.29) is 16.6 Å². The second-order valence-electron chi connectivity index (χ2n) is 9.90. The van der Waals surface area contributed by atoms with Crippen molar-refractivity contribution in [3.63, 3.8) is 0 Å². The summed E-state index contributed by atoms with van der Waals surface area (Å²) in [4.78, 5) is 13.2. The first-order valence-electron chi connectivity index (χ1n) is 10.5. The molecule has 2 aromatic rings. The van der Waals surface area contributed by atoms with Crippen LogP contribution in [-0.2, 0) is 11.4 Å². The Balaban J connectivity index is 1.99. The standard InChI is InChI=1S/C28H32O2/c1-27(2,3)23-17-21(18-24(26(23)29)28(4,5)6)16-22-14-10-11-15-25(22)30-19-20-12-8-7-9-13-20/h7-18H,19H2,1-6H3. The predicted octanol–water partition coefficient (Wildman–Crippen LogP) is 7.18. The zero-order chi connectivity index (χ0) is 21.9. The van der Waals surface area contributed by atoms with Gasteiger partial charge in [0.05, 0.1) is 0 Å². The summed E-state index contributed by atoms with van der Waals surface area (Å²) in [5.74, 6) is 0.989. The summed E-state index contributed by atoms with van der Waals surface area (Å²) in [5, 5.41) is 0. The highest BCUT2D eigenvalue weighted by Crippen LogP contribution is 2.39. The molecule has 156 valence electrons. The van der Waals surface area contributed by atoms with E-state index in [9.17, 15) is 4.79 Å². The molecule has 3 rings (SSSR count). The van der Waals surface area contributed by atoms with Crippen LogP contribution in [0, 0.1) is 10.8 Å². The fourth-order valence-corrected chi connectivity index (χ4v) is 3.49. The Morgan fingerprint density at radius 1 is 0.767 bits per heavy atom. The lowest BCUT2D eigenvalue weighted by Gasteiger charge is -2.31. The van der Waals surface area contributed by atoms with Gasteiger partial charge in [-0.3, -0.25) is 4.79 Å². The molecule has 0 aromatic heterocycles. The van der Waals surface area contributed by atoms with E-state index >= 15 is 0 Å². The van der Waals surface area contributed by atoms with Crippen molar-refractivity contribution in [2.45, 2.75) is 48.1 Å². The molecule has 0 heterocycles. The van der Waals surface area contributed by atoms with Crippen LogP contribution in [0.4, 0.5) is 0 Å². The number of Topliss-reactive ketones (excluding diaryl/α,β-unsaturated/α-hetero) is 1. The van der Waals surface area contributed by atoms with Crippen molar-refractivity contribution in [1.82, 2.24) is 0 Å². The number of carbonyl (C=O) groups is 1. The van der Waals surface area contributed by atoms with Gasteiger partial charge in [0.15, 0.2) is 5.78 Å². The molecule has 0 bridgehead atoms. The molecule has 0 saturated heterocycles.